The lowest BCUT2D eigenvalue weighted by Crippen LogP contribution is -2.38. The van der Waals surface area contributed by atoms with Crippen LogP contribution in [0.25, 0.3) is 0 Å². The Hall–Kier alpha value is -1.59. The zero-order chi connectivity index (χ0) is 13.7. The van der Waals surface area contributed by atoms with Crippen molar-refractivity contribution in [3.05, 3.63) is 23.8 Å². The van der Waals surface area contributed by atoms with Crippen LogP contribution in [0.1, 0.15) is 25.3 Å². The average molecular weight is 252 g/mol. The molecule has 0 saturated carbocycles. The number of hydrogen-bond acceptors (Lipinski definition) is 4. The van der Waals surface area contributed by atoms with Gasteiger partial charge in [0.1, 0.15) is 11.8 Å². The lowest BCUT2D eigenvalue weighted by atomic mass is 10.0. The fourth-order valence-electron chi connectivity index (χ4n) is 1.48. The van der Waals surface area contributed by atoms with E-state index < -0.39 is 18.6 Å². The molecule has 0 fully saturated rings. The topological polar surface area (TPSA) is 84.6 Å². The zero-order valence-corrected chi connectivity index (χ0v) is 10.9. The minimum atomic E-state index is -0.931. The SMILES string of the molecule is COc1cc(C(C)C)ccc1NC(=O)C(N)CO. The van der Waals surface area contributed by atoms with Gasteiger partial charge in [-0.3, -0.25) is 4.79 Å². The molecule has 0 spiro atoms. The van der Waals surface area contributed by atoms with Crippen LogP contribution in [0.5, 0.6) is 5.75 Å². The molecule has 0 heterocycles. The van der Waals surface area contributed by atoms with E-state index in [9.17, 15) is 4.79 Å². The molecular formula is C13H20N2O3. The number of ether oxygens (including phenoxy) is 1. The molecule has 0 aliphatic heterocycles. The zero-order valence-electron chi connectivity index (χ0n) is 10.9. The third-order valence-corrected chi connectivity index (χ3v) is 2.68. The summed E-state index contributed by atoms with van der Waals surface area (Å²) in [6.07, 6.45) is 0. The summed E-state index contributed by atoms with van der Waals surface area (Å²) >= 11 is 0. The Balaban J connectivity index is 2.92. The highest BCUT2D eigenvalue weighted by Gasteiger charge is 2.15. The minimum absolute atomic E-state index is 0.378. The van der Waals surface area contributed by atoms with Crippen LogP contribution in [0.4, 0.5) is 5.69 Å². The van der Waals surface area contributed by atoms with Crippen molar-refractivity contribution < 1.29 is 14.6 Å². The largest absolute Gasteiger partial charge is 0.495 e. The maximum Gasteiger partial charge on any atom is 0.243 e. The Morgan fingerprint density at radius 3 is 2.67 bits per heavy atom. The smallest absolute Gasteiger partial charge is 0.243 e. The van der Waals surface area contributed by atoms with Crippen molar-refractivity contribution in [1.29, 1.82) is 0 Å². The fraction of sp³-hybridized carbons (Fsp3) is 0.462. The maximum absolute atomic E-state index is 11.6. The van der Waals surface area contributed by atoms with Crippen molar-refractivity contribution in [3.63, 3.8) is 0 Å². The molecular weight excluding hydrogens is 232 g/mol. The van der Waals surface area contributed by atoms with Crippen LogP contribution >= 0.6 is 0 Å². The second-order valence-corrected chi connectivity index (χ2v) is 4.39. The highest BCUT2D eigenvalue weighted by Crippen LogP contribution is 2.28. The monoisotopic (exact) mass is 252 g/mol. The predicted octanol–water partition coefficient (Wildman–Crippen LogP) is 1.08. The van der Waals surface area contributed by atoms with E-state index in [1.807, 2.05) is 12.1 Å². The molecule has 1 aromatic carbocycles. The van der Waals surface area contributed by atoms with Crippen LogP contribution in [-0.2, 0) is 4.79 Å². The van der Waals surface area contributed by atoms with Gasteiger partial charge in [-0.25, -0.2) is 0 Å². The van der Waals surface area contributed by atoms with Gasteiger partial charge in [-0.2, -0.15) is 0 Å². The van der Waals surface area contributed by atoms with E-state index in [1.54, 1.807) is 13.2 Å². The quantitative estimate of drug-likeness (QED) is 0.732. The van der Waals surface area contributed by atoms with Crippen LogP contribution in [0.3, 0.4) is 0 Å². The van der Waals surface area contributed by atoms with Crippen LogP contribution in [0, 0.1) is 0 Å². The number of rotatable bonds is 5. The first kappa shape index (κ1) is 14.5. The number of amides is 1. The van der Waals surface area contributed by atoms with Gasteiger partial charge in [0, 0.05) is 0 Å². The van der Waals surface area contributed by atoms with E-state index >= 15 is 0 Å². The third kappa shape index (κ3) is 3.45. The lowest BCUT2D eigenvalue weighted by molar-refractivity contribution is -0.118. The Morgan fingerprint density at radius 1 is 1.50 bits per heavy atom. The predicted molar refractivity (Wildman–Crippen MR) is 70.8 cm³/mol. The summed E-state index contributed by atoms with van der Waals surface area (Å²) < 4.78 is 5.23. The van der Waals surface area contributed by atoms with E-state index in [0.29, 0.717) is 17.4 Å². The molecule has 1 atom stereocenters. The summed E-state index contributed by atoms with van der Waals surface area (Å²) in [5.74, 6) is 0.524. The Kier molecular flexibility index (Phi) is 5.12. The Bertz CT molecular complexity index is 419. The van der Waals surface area contributed by atoms with E-state index in [4.69, 9.17) is 15.6 Å². The molecule has 0 bridgehead atoms. The van der Waals surface area contributed by atoms with Crippen molar-refractivity contribution in [2.45, 2.75) is 25.8 Å². The van der Waals surface area contributed by atoms with Crippen LogP contribution < -0.4 is 15.8 Å². The first-order valence-electron chi connectivity index (χ1n) is 5.84. The number of methoxy groups -OCH3 is 1. The van der Waals surface area contributed by atoms with Crippen LogP contribution in [-0.4, -0.2) is 30.8 Å². The standard InChI is InChI=1S/C13H20N2O3/c1-8(2)9-4-5-11(12(6-9)18-3)15-13(17)10(14)7-16/h4-6,8,10,16H,7,14H2,1-3H3,(H,15,17). The van der Waals surface area contributed by atoms with Crippen molar-refractivity contribution in [2.24, 2.45) is 5.73 Å². The number of carbonyl (C=O) groups excluding carboxylic acids is 1. The Morgan fingerprint density at radius 2 is 2.17 bits per heavy atom. The summed E-state index contributed by atoms with van der Waals surface area (Å²) in [6.45, 7) is 3.77. The minimum Gasteiger partial charge on any atom is -0.495 e. The van der Waals surface area contributed by atoms with Crippen molar-refractivity contribution >= 4 is 11.6 Å². The van der Waals surface area contributed by atoms with Gasteiger partial charge < -0.3 is 20.9 Å². The van der Waals surface area contributed by atoms with Crippen molar-refractivity contribution in [2.75, 3.05) is 19.0 Å². The number of carbonyl (C=O) groups is 1. The summed E-state index contributed by atoms with van der Waals surface area (Å²) in [4.78, 5) is 11.6. The summed E-state index contributed by atoms with van der Waals surface area (Å²) in [5.41, 5.74) is 7.10. The maximum atomic E-state index is 11.6. The van der Waals surface area contributed by atoms with Gasteiger partial charge in [-0.15, -0.1) is 0 Å². The first-order valence-corrected chi connectivity index (χ1v) is 5.84. The molecule has 0 aliphatic carbocycles. The number of aliphatic hydroxyl groups excluding tert-OH is 1. The number of aliphatic hydroxyl groups is 1. The number of nitrogens with one attached hydrogen (secondary N) is 1. The molecule has 1 rings (SSSR count). The van der Waals surface area contributed by atoms with Gasteiger partial charge in [0.15, 0.2) is 0 Å². The fourth-order valence-corrected chi connectivity index (χ4v) is 1.48. The molecule has 5 heteroatoms. The first-order chi connectivity index (χ1) is 8.49. The molecule has 0 aromatic heterocycles. The normalized spacial score (nSPS) is 12.3. The molecule has 0 radical (unpaired) electrons. The van der Waals surface area contributed by atoms with Gasteiger partial charge in [-0.1, -0.05) is 19.9 Å². The number of anilines is 1. The van der Waals surface area contributed by atoms with E-state index in [-0.39, 0.29) is 0 Å². The van der Waals surface area contributed by atoms with Crippen LogP contribution in [0.15, 0.2) is 18.2 Å². The van der Waals surface area contributed by atoms with Gasteiger partial charge in [-0.05, 0) is 23.6 Å². The third-order valence-electron chi connectivity index (χ3n) is 2.68. The van der Waals surface area contributed by atoms with Gasteiger partial charge in [0.2, 0.25) is 5.91 Å². The highest BCUT2D eigenvalue weighted by atomic mass is 16.5. The Labute approximate surface area is 107 Å². The van der Waals surface area contributed by atoms with Crippen molar-refractivity contribution in [1.82, 2.24) is 0 Å². The molecule has 100 valence electrons. The van der Waals surface area contributed by atoms with E-state index in [2.05, 4.69) is 19.2 Å². The summed E-state index contributed by atoms with van der Waals surface area (Å²) in [7, 11) is 1.54. The lowest BCUT2D eigenvalue weighted by Gasteiger charge is -2.15. The second-order valence-electron chi connectivity index (χ2n) is 4.39. The number of benzene rings is 1. The molecule has 0 aliphatic rings. The van der Waals surface area contributed by atoms with E-state index in [1.165, 1.54) is 0 Å². The molecule has 0 saturated heterocycles. The number of nitrogens with two attached hydrogens (primary N) is 1. The average Bonchev–Trinajstić information content (AvgIpc) is 2.37. The molecule has 1 aromatic rings. The van der Waals surface area contributed by atoms with Gasteiger partial charge >= 0.3 is 0 Å². The molecule has 1 unspecified atom stereocenters. The highest BCUT2D eigenvalue weighted by molar-refractivity contribution is 5.96. The second kappa shape index (κ2) is 6.37. The van der Waals surface area contributed by atoms with Crippen LogP contribution in [0.2, 0.25) is 0 Å². The summed E-state index contributed by atoms with van der Waals surface area (Å²) in [5, 5.41) is 11.4. The van der Waals surface area contributed by atoms with Crippen molar-refractivity contribution in [3.8, 4) is 5.75 Å². The molecule has 4 N–H and O–H groups in total. The van der Waals surface area contributed by atoms with Gasteiger partial charge in [0.05, 0.1) is 19.4 Å². The number of hydrogen-bond donors (Lipinski definition) is 3. The van der Waals surface area contributed by atoms with Gasteiger partial charge in [0.25, 0.3) is 0 Å². The molecule has 18 heavy (non-hydrogen) atoms. The molecule has 5 nitrogen and oxygen atoms in total. The molecule has 1 amide bonds. The summed E-state index contributed by atoms with van der Waals surface area (Å²) in [6, 6.07) is 4.65. The van der Waals surface area contributed by atoms with E-state index in [0.717, 1.165) is 5.56 Å².